The van der Waals surface area contributed by atoms with E-state index in [2.05, 4.69) is 36.5 Å². The Hall–Kier alpha value is -0.860. The molecule has 2 rings (SSSR count). The highest BCUT2D eigenvalue weighted by Gasteiger charge is 2.20. The third kappa shape index (κ3) is 3.56. The maximum atomic E-state index is 10.1. The lowest BCUT2D eigenvalue weighted by molar-refractivity contribution is 0.119. The van der Waals surface area contributed by atoms with Crippen LogP contribution in [0.4, 0.5) is 0 Å². The molecule has 0 heterocycles. The van der Waals surface area contributed by atoms with Crippen molar-refractivity contribution < 1.29 is 5.11 Å². The number of hydrogen-bond donors (Lipinski definition) is 2. The molecule has 0 aromatic heterocycles. The topological polar surface area (TPSA) is 32.3 Å². The molecule has 0 amide bonds. The van der Waals surface area contributed by atoms with Crippen LogP contribution in [0.3, 0.4) is 0 Å². The minimum atomic E-state index is -0.165. The number of hydrogen-bond acceptors (Lipinski definition) is 2. The average Bonchev–Trinajstić information content (AvgIpc) is 2.61. The maximum absolute atomic E-state index is 10.1. The molecule has 2 unspecified atom stereocenters. The number of nitrogens with one attached hydrogen (secondary N) is 1. The Bertz CT molecular complexity index is 364. The Morgan fingerprint density at radius 2 is 1.83 bits per heavy atom. The fourth-order valence-electron chi connectivity index (χ4n) is 2.84. The van der Waals surface area contributed by atoms with Crippen LogP contribution in [-0.4, -0.2) is 17.3 Å². The van der Waals surface area contributed by atoms with Gasteiger partial charge in [0.2, 0.25) is 0 Å². The van der Waals surface area contributed by atoms with Gasteiger partial charge in [0.1, 0.15) is 0 Å². The molecule has 1 aliphatic rings. The van der Waals surface area contributed by atoms with Gasteiger partial charge in [-0.2, -0.15) is 0 Å². The minimum Gasteiger partial charge on any atom is -0.392 e. The van der Waals surface area contributed by atoms with Crippen LogP contribution >= 0.6 is 0 Å². The van der Waals surface area contributed by atoms with Crippen molar-refractivity contribution in [3.8, 4) is 0 Å². The molecule has 18 heavy (non-hydrogen) atoms. The van der Waals surface area contributed by atoms with Gasteiger partial charge in [0.05, 0.1) is 6.10 Å². The van der Waals surface area contributed by atoms with Gasteiger partial charge in [0.15, 0.2) is 0 Å². The first-order chi connectivity index (χ1) is 8.81. The average molecular weight is 247 g/mol. The van der Waals surface area contributed by atoms with Gasteiger partial charge < -0.3 is 10.4 Å². The van der Waals surface area contributed by atoms with Crippen LogP contribution in [0, 0.1) is 0 Å². The van der Waals surface area contributed by atoms with E-state index >= 15 is 0 Å². The standard InChI is InChI=1S/C16H25NO/c1-2-13-8-6-7-9-14(13)12-17-15-10-4-3-5-11-16(15)18/h6-9,15-18H,2-5,10-12H2,1H3. The fourth-order valence-corrected chi connectivity index (χ4v) is 2.84. The zero-order chi connectivity index (χ0) is 12.8. The highest BCUT2D eigenvalue weighted by Crippen LogP contribution is 2.19. The van der Waals surface area contributed by atoms with Crippen LogP contribution in [0.5, 0.6) is 0 Å². The van der Waals surface area contributed by atoms with E-state index in [1.54, 1.807) is 0 Å². The van der Waals surface area contributed by atoms with Crippen molar-refractivity contribution in [2.45, 2.75) is 64.1 Å². The molecule has 1 aliphatic carbocycles. The quantitative estimate of drug-likeness (QED) is 0.802. The van der Waals surface area contributed by atoms with Crippen molar-refractivity contribution in [3.05, 3.63) is 35.4 Å². The molecule has 2 heteroatoms. The van der Waals surface area contributed by atoms with E-state index in [1.807, 2.05) is 0 Å². The second kappa shape index (κ2) is 6.91. The Morgan fingerprint density at radius 3 is 2.61 bits per heavy atom. The van der Waals surface area contributed by atoms with Gasteiger partial charge in [0.25, 0.3) is 0 Å². The number of aliphatic hydroxyl groups is 1. The van der Waals surface area contributed by atoms with Crippen LogP contribution < -0.4 is 5.32 Å². The number of aryl methyl sites for hydroxylation is 1. The lowest BCUT2D eigenvalue weighted by Crippen LogP contribution is -2.38. The molecule has 1 aromatic rings. The zero-order valence-corrected chi connectivity index (χ0v) is 11.4. The largest absolute Gasteiger partial charge is 0.392 e. The molecule has 0 radical (unpaired) electrons. The summed E-state index contributed by atoms with van der Waals surface area (Å²) in [5, 5.41) is 13.6. The zero-order valence-electron chi connectivity index (χ0n) is 11.4. The van der Waals surface area contributed by atoms with E-state index in [0.29, 0.717) is 0 Å². The van der Waals surface area contributed by atoms with Crippen molar-refractivity contribution in [2.24, 2.45) is 0 Å². The van der Waals surface area contributed by atoms with Gasteiger partial charge in [-0.05, 0) is 30.4 Å². The van der Waals surface area contributed by atoms with E-state index in [9.17, 15) is 5.11 Å². The summed E-state index contributed by atoms with van der Waals surface area (Å²) in [7, 11) is 0. The molecule has 1 saturated carbocycles. The third-order valence-corrected chi connectivity index (χ3v) is 4.03. The first kappa shape index (κ1) is 13.6. The van der Waals surface area contributed by atoms with Crippen molar-refractivity contribution >= 4 is 0 Å². The highest BCUT2D eigenvalue weighted by molar-refractivity contribution is 5.26. The SMILES string of the molecule is CCc1ccccc1CNC1CCCCCC1O. The van der Waals surface area contributed by atoms with Gasteiger partial charge in [-0.25, -0.2) is 0 Å². The predicted molar refractivity (Wildman–Crippen MR) is 75.5 cm³/mol. The smallest absolute Gasteiger partial charge is 0.0693 e. The van der Waals surface area contributed by atoms with E-state index in [4.69, 9.17) is 0 Å². The molecule has 0 spiro atoms. The van der Waals surface area contributed by atoms with E-state index in [1.165, 1.54) is 30.4 Å². The molecule has 1 fully saturated rings. The fraction of sp³-hybridized carbons (Fsp3) is 0.625. The Balaban J connectivity index is 1.93. The van der Waals surface area contributed by atoms with Gasteiger partial charge in [0, 0.05) is 12.6 Å². The summed E-state index contributed by atoms with van der Waals surface area (Å²) < 4.78 is 0. The lowest BCUT2D eigenvalue weighted by atomic mass is 10.0. The first-order valence-electron chi connectivity index (χ1n) is 7.29. The molecule has 2 nitrogen and oxygen atoms in total. The monoisotopic (exact) mass is 247 g/mol. The summed E-state index contributed by atoms with van der Waals surface area (Å²) >= 11 is 0. The van der Waals surface area contributed by atoms with Crippen LogP contribution in [0.15, 0.2) is 24.3 Å². The summed E-state index contributed by atoms with van der Waals surface area (Å²) in [5.41, 5.74) is 2.78. The second-order valence-corrected chi connectivity index (χ2v) is 5.32. The molecule has 2 N–H and O–H groups in total. The summed E-state index contributed by atoms with van der Waals surface area (Å²) in [6.07, 6.45) is 6.64. The Labute approximate surface area is 110 Å². The maximum Gasteiger partial charge on any atom is 0.0693 e. The second-order valence-electron chi connectivity index (χ2n) is 5.32. The summed E-state index contributed by atoms with van der Waals surface area (Å²) in [6.45, 7) is 3.07. The van der Waals surface area contributed by atoms with Crippen molar-refractivity contribution in [1.82, 2.24) is 5.32 Å². The third-order valence-electron chi connectivity index (χ3n) is 4.03. The van der Waals surface area contributed by atoms with Crippen LogP contribution in [0.1, 0.15) is 50.2 Å². The Morgan fingerprint density at radius 1 is 1.11 bits per heavy atom. The Kier molecular flexibility index (Phi) is 5.21. The highest BCUT2D eigenvalue weighted by atomic mass is 16.3. The molecule has 1 aromatic carbocycles. The summed E-state index contributed by atoms with van der Waals surface area (Å²) in [4.78, 5) is 0. The summed E-state index contributed by atoms with van der Waals surface area (Å²) in [5.74, 6) is 0. The molecule has 2 atom stereocenters. The van der Waals surface area contributed by atoms with E-state index < -0.39 is 0 Å². The van der Waals surface area contributed by atoms with Gasteiger partial charge in [-0.15, -0.1) is 0 Å². The summed E-state index contributed by atoms with van der Waals surface area (Å²) in [6, 6.07) is 8.86. The molecule has 100 valence electrons. The van der Waals surface area contributed by atoms with Crippen LogP contribution in [0.25, 0.3) is 0 Å². The molecular formula is C16H25NO. The first-order valence-corrected chi connectivity index (χ1v) is 7.29. The molecule has 0 saturated heterocycles. The number of benzene rings is 1. The molecule has 0 bridgehead atoms. The number of aliphatic hydroxyl groups excluding tert-OH is 1. The lowest BCUT2D eigenvalue weighted by Gasteiger charge is -2.22. The van der Waals surface area contributed by atoms with Crippen LogP contribution in [0.2, 0.25) is 0 Å². The van der Waals surface area contributed by atoms with Crippen molar-refractivity contribution in [3.63, 3.8) is 0 Å². The van der Waals surface area contributed by atoms with E-state index in [-0.39, 0.29) is 12.1 Å². The normalized spacial score (nSPS) is 24.8. The van der Waals surface area contributed by atoms with Crippen molar-refractivity contribution in [1.29, 1.82) is 0 Å². The van der Waals surface area contributed by atoms with Gasteiger partial charge in [-0.1, -0.05) is 50.5 Å². The van der Waals surface area contributed by atoms with Crippen molar-refractivity contribution in [2.75, 3.05) is 0 Å². The molecular weight excluding hydrogens is 222 g/mol. The minimum absolute atomic E-state index is 0.165. The predicted octanol–water partition coefficient (Wildman–Crippen LogP) is 3.03. The van der Waals surface area contributed by atoms with E-state index in [0.717, 1.165) is 25.8 Å². The van der Waals surface area contributed by atoms with Crippen LogP contribution in [-0.2, 0) is 13.0 Å². The van der Waals surface area contributed by atoms with Gasteiger partial charge >= 0.3 is 0 Å². The van der Waals surface area contributed by atoms with Gasteiger partial charge in [-0.3, -0.25) is 0 Å². The number of rotatable bonds is 4. The molecule has 0 aliphatic heterocycles.